The fourth-order valence-electron chi connectivity index (χ4n) is 1.75. The van der Waals surface area contributed by atoms with Crippen molar-refractivity contribution >= 4 is 39.1 Å². The zero-order chi connectivity index (χ0) is 16.8. The highest BCUT2D eigenvalue weighted by Crippen LogP contribution is 2.23. The molecule has 5 nitrogen and oxygen atoms in total. The van der Waals surface area contributed by atoms with Crippen LogP contribution < -0.4 is 5.32 Å². The molecule has 0 fully saturated rings. The topological polar surface area (TPSA) is 66.5 Å². The number of nitrogens with one attached hydrogen (secondary N) is 1. The lowest BCUT2D eigenvalue weighted by atomic mass is 10.2. The highest BCUT2D eigenvalue weighted by atomic mass is 35.5. The van der Waals surface area contributed by atoms with E-state index in [1.54, 1.807) is 18.2 Å². The van der Waals surface area contributed by atoms with Gasteiger partial charge in [-0.05, 0) is 24.1 Å². The van der Waals surface area contributed by atoms with E-state index in [2.05, 4.69) is 5.32 Å². The van der Waals surface area contributed by atoms with Crippen LogP contribution in [0, 0.1) is 0 Å². The second kappa shape index (κ2) is 8.72. The lowest BCUT2D eigenvalue weighted by Gasteiger charge is -2.19. The first-order valence-corrected chi connectivity index (χ1v) is 9.50. The summed E-state index contributed by atoms with van der Waals surface area (Å²) < 4.78 is 24.8. The summed E-state index contributed by atoms with van der Waals surface area (Å²) in [5, 5.41) is 3.44. The third-order valence-electron chi connectivity index (χ3n) is 2.98. The van der Waals surface area contributed by atoms with Gasteiger partial charge in [-0.2, -0.15) is 4.31 Å². The van der Waals surface area contributed by atoms with Gasteiger partial charge in [0.05, 0.1) is 22.8 Å². The maximum absolute atomic E-state index is 11.8. The van der Waals surface area contributed by atoms with E-state index in [1.807, 2.05) is 6.92 Å². The van der Waals surface area contributed by atoms with Gasteiger partial charge in [-0.1, -0.05) is 42.6 Å². The molecule has 8 heteroatoms. The molecule has 0 aliphatic heterocycles. The minimum Gasteiger partial charge on any atom is -0.355 e. The van der Waals surface area contributed by atoms with Crippen molar-refractivity contribution in [2.75, 3.05) is 19.3 Å². The minimum atomic E-state index is -3.52. The Kier molecular flexibility index (Phi) is 7.62. The molecule has 0 aliphatic rings. The number of nitrogens with zero attached hydrogens (tertiary/aromatic N) is 1. The summed E-state index contributed by atoms with van der Waals surface area (Å²) >= 11 is 11.8. The number of carbonyl (C=O) groups excluding carboxylic acids is 1. The molecule has 0 unspecified atom stereocenters. The van der Waals surface area contributed by atoms with Crippen LogP contribution in [-0.4, -0.2) is 38.0 Å². The van der Waals surface area contributed by atoms with Gasteiger partial charge in [0.1, 0.15) is 0 Å². The van der Waals surface area contributed by atoms with Crippen LogP contribution in [0.1, 0.15) is 25.3 Å². The second-order valence-corrected chi connectivity index (χ2v) is 7.78. The zero-order valence-corrected chi connectivity index (χ0v) is 14.9. The van der Waals surface area contributed by atoms with Gasteiger partial charge in [-0.25, -0.2) is 8.42 Å². The molecule has 0 aromatic heterocycles. The molecule has 22 heavy (non-hydrogen) atoms. The van der Waals surface area contributed by atoms with E-state index in [9.17, 15) is 13.2 Å². The number of carbonyl (C=O) groups is 1. The predicted octanol–water partition coefficient (Wildman–Crippen LogP) is 2.67. The maximum Gasteiger partial charge on any atom is 0.235 e. The molecule has 0 bridgehead atoms. The van der Waals surface area contributed by atoms with Crippen LogP contribution in [-0.2, 0) is 21.4 Å². The van der Waals surface area contributed by atoms with Gasteiger partial charge in [0.25, 0.3) is 0 Å². The summed E-state index contributed by atoms with van der Waals surface area (Å²) in [6.07, 6.45) is 2.89. The molecule has 1 rings (SSSR count). The number of amides is 1. The van der Waals surface area contributed by atoms with Crippen LogP contribution in [0.4, 0.5) is 0 Å². The van der Waals surface area contributed by atoms with E-state index in [4.69, 9.17) is 23.2 Å². The number of benzene rings is 1. The van der Waals surface area contributed by atoms with Crippen molar-refractivity contribution in [3.63, 3.8) is 0 Å². The molecule has 1 N–H and O–H groups in total. The van der Waals surface area contributed by atoms with E-state index < -0.39 is 10.0 Å². The molecule has 0 atom stereocenters. The zero-order valence-electron chi connectivity index (χ0n) is 12.6. The van der Waals surface area contributed by atoms with E-state index in [-0.39, 0.29) is 19.0 Å². The van der Waals surface area contributed by atoms with Crippen LogP contribution >= 0.6 is 23.2 Å². The molecule has 0 saturated heterocycles. The van der Waals surface area contributed by atoms with Crippen LogP contribution in [0.25, 0.3) is 0 Å². The van der Waals surface area contributed by atoms with Crippen LogP contribution in [0.15, 0.2) is 18.2 Å². The van der Waals surface area contributed by atoms with Crippen molar-refractivity contribution < 1.29 is 13.2 Å². The van der Waals surface area contributed by atoms with Crippen LogP contribution in [0.2, 0.25) is 10.0 Å². The monoisotopic (exact) mass is 366 g/mol. The summed E-state index contributed by atoms with van der Waals surface area (Å²) in [4.78, 5) is 11.8. The standard InChI is InChI=1S/C14H20Cl2N2O3S/c1-3-4-7-17-14(19)10-18(22(2,20)21)9-11-5-6-12(15)13(16)8-11/h5-6,8H,3-4,7,9-10H2,1-2H3,(H,17,19). The van der Waals surface area contributed by atoms with Crippen molar-refractivity contribution in [3.8, 4) is 0 Å². The van der Waals surface area contributed by atoms with Gasteiger partial charge in [-0.3, -0.25) is 4.79 Å². The molecular formula is C14H20Cl2N2O3S. The smallest absolute Gasteiger partial charge is 0.235 e. The lowest BCUT2D eigenvalue weighted by Crippen LogP contribution is -2.40. The van der Waals surface area contributed by atoms with Gasteiger partial charge < -0.3 is 5.32 Å². The quantitative estimate of drug-likeness (QED) is 0.719. The predicted molar refractivity (Wildman–Crippen MR) is 89.6 cm³/mol. The Bertz CT molecular complexity index is 621. The van der Waals surface area contributed by atoms with Crippen molar-refractivity contribution in [1.82, 2.24) is 9.62 Å². The summed E-state index contributed by atoms with van der Waals surface area (Å²) in [5.74, 6) is -0.320. The highest BCUT2D eigenvalue weighted by molar-refractivity contribution is 7.88. The molecule has 0 aliphatic carbocycles. The third-order valence-corrected chi connectivity index (χ3v) is 4.92. The average Bonchev–Trinajstić information content (AvgIpc) is 2.41. The third kappa shape index (κ3) is 6.52. The van der Waals surface area contributed by atoms with E-state index >= 15 is 0 Å². The van der Waals surface area contributed by atoms with E-state index in [0.717, 1.165) is 23.4 Å². The van der Waals surface area contributed by atoms with Gasteiger partial charge in [0.2, 0.25) is 15.9 Å². The number of rotatable bonds is 8. The molecule has 0 heterocycles. The van der Waals surface area contributed by atoms with E-state index in [1.165, 1.54) is 0 Å². The lowest BCUT2D eigenvalue weighted by molar-refractivity contribution is -0.121. The minimum absolute atomic E-state index is 0.0664. The molecule has 1 amide bonds. The van der Waals surface area contributed by atoms with Gasteiger partial charge in [-0.15, -0.1) is 0 Å². The van der Waals surface area contributed by atoms with E-state index in [0.29, 0.717) is 22.2 Å². The van der Waals surface area contributed by atoms with Gasteiger partial charge in [0, 0.05) is 13.1 Å². The van der Waals surface area contributed by atoms with Crippen LogP contribution in [0.5, 0.6) is 0 Å². The Balaban J connectivity index is 2.77. The van der Waals surface area contributed by atoms with Crippen LogP contribution in [0.3, 0.4) is 0 Å². The van der Waals surface area contributed by atoms with Crippen molar-refractivity contribution in [2.45, 2.75) is 26.3 Å². The number of hydrogen-bond acceptors (Lipinski definition) is 3. The Hall–Kier alpha value is -0.820. The first kappa shape index (κ1) is 19.2. The Labute approximate surface area is 141 Å². The number of sulfonamides is 1. The summed E-state index contributed by atoms with van der Waals surface area (Å²) in [6, 6.07) is 4.87. The molecule has 1 aromatic rings. The number of unbranched alkanes of at least 4 members (excludes halogenated alkanes) is 1. The van der Waals surface area contributed by atoms with Crippen molar-refractivity contribution in [2.24, 2.45) is 0 Å². The summed E-state index contributed by atoms with van der Waals surface area (Å²) in [7, 11) is -3.52. The largest absolute Gasteiger partial charge is 0.355 e. The fraction of sp³-hybridized carbons (Fsp3) is 0.500. The number of hydrogen-bond donors (Lipinski definition) is 1. The van der Waals surface area contributed by atoms with Crippen molar-refractivity contribution in [3.05, 3.63) is 33.8 Å². The normalized spacial score (nSPS) is 11.7. The number of halogens is 2. The SMILES string of the molecule is CCCCNC(=O)CN(Cc1ccc(Cl)c(Cl)c1)S(C)(=O)=O. The second-order valence-electron chi connectivity index (χ2n) is 4.98. The molecule has 0 saturated carbocycles. The summed E-state index contributed by atoms with van der Waals surface area (Å²) in [6.45, 7) is 2.40. The van der Waals surface area contributed by atoms with Crippen molar-refractivity contribution in [1.29, 1.82) is 0 Å². The Morgan fingerprint density at radius 2 is 1.95 bits per heavy atom. The first-order chi connectivity index (χ1) is 10.2. The molecule has 0 radical (unpaired) electrons. The summed E-state index contributed by atoms with van der Waals surface area (Å²) in [5.41, 5.74) is 0.668. The highest BCUT2D eigenvalue weighted by Gasteiger charge is 2.20. The Morgan fingerprint density at radius 1 is 1.27 bits per heavy atom. The first-order valence-electron chi connectivity index (χ1n) is 6.89. The Morgan fingerprint density at radius 3 is 2.50 bits per heavy atom. The molecule has 1 aromatic carbocycles. The average molecular weight is 367 g/mol. The maximum atomic E-state index is 11.8. The van der Waals surface area contributed by atoms with Gasteiger partial charge >= 0.3 is 0 Å². The molecular weight excluding hydrogens is 347 g/mol. The fourth-order valence-corrected chi connectivity index (χ4v) is 2.81. The van der Waals surface area contributed by atoms with Gasteiger partial charge in [0.15, 0.2) is 0 Å². The molecule has 0 spiro atoms. The molecule has 124 valence electrons.